The molecular formula is C14H28. The van der Waals surface area contributed by atoms with Crippen LogP contribution in [0, 0.1) is 17.8 Å². The summed E-state index contributed by atoms with van der Waals surface area (Å²) in [5.41, 5.74) is 0. The third-order valence-electron chi connectivity index (χ3n) is 4.38. The fourth-order valence-corrected chi connectivity index (χ4v) is 3.51. The van der Waals surface area contributed by atoms with Crippen LogP contribution in [0.2, 0.25) is 0 Å². The Hall–Kier alpha value is 0. The lowest BCUT2D eigenvalue weighted by atomic mass is 9.71. The molecule has 0 amide bonds. The van der Waals surface area contributed by atoms with Crippen LogP contribution in [0.15, 0.2) is 0 Å². The van der Waals surface area contributed by atoms with Crippen LogP contribution in [0.5, 0.6) is 0 Å². The second-order valence-electron chi connectivity index (χ2n) is 5.05. The van der Waals surface area contributed by atoms with E-state index in [2.05, 4.69) is 20.8 Å². The van der Waals surface area contributed by atoms with Crippen LogP contribution >= 0.6 is 0 Å². The molecular weight excluding hydrogens is 168 g/mol. The van der Waals surface area contributed by atoms with E-state index in [9.17, 15) is 0 Å². The highest BCUT2D eigenvalue weighted by atomic mass is 14.3. The predicted octanol–water partition coefficient (Wildman–Crippen LogP) is 5.03. The van der Waals surface area contributed by atoms with Crippen LogP contribution in [0.3, 0.4) is 0 Å². The molecule has 1 fully saturated rings. The lowest BCUT2D eigenvalue weighted by Crippen LogP contribution is -2.24. The highest BCUT2D eigenvalue weighted by Gasteiger charge is 2.26. The van der Waals surface area contributed by atoms with E-state index in [4.69, 9.17) is 0 Å². The van der Waals surface area contributed by atoms with Gasteiger partial charge in [0, 0.05) is 0 Å². The maximum atomic E-state index is 2.40. The van der Waals surface area contributed by atoms with Crippen molar-refractivity contribution in [3.8, 4) is 0 Å². The van der Waals surface area contributed by atoms with Gasteiger partial charge in [-0.2, -0.15) is 0 Å². The molecule has 1 unspecified atom stereocenters. The second-order valence-corrected chi connectivity index (χ2v) is 5.05. The Bertz CT molecular complexity index is 129. The van der Waals surface area contributed by atoms with Gasteiger partial charge < -0.3 is 0 Å². The quantitative estimate of drug-likeness (QED) is 0.578. The summed E-state index contributed by atoms with van der Waals surface area (Å²) in [4.78, 5) is 0. The normalized spacial score (nSPS) is 21.4. The van der Waals surface area contributed by atoms with Gasteiger partial charge in [0.2, 0.25) is 0 Å². The summed E-state index contributed by atoms with van der Waals surface area (Å²) < 4.78 is 0. The topological polar surface area (TPSA) is 0 Å². The molecule has 1 saturated carbocycles. The van der Waals surface area contributed by atoms with Crippen molar-refractivity contribution >= 4 is 0 Å². The molecule has 0 saturated heterocycles. The molecule has 0 aromatic rings. The lowest BCUT2D eigenvalue weighted by molar-refractivity contribution is 0.163. The van der Waals surface area contributed by atoms with Gasteiger partial charge in [0.15, 0.2) is 0 Å². The Balaban J connectivity index is 2.49. The van der Waals surface area contributed by atoms with E-state index in [0.717, 1.165) is 17.8 Å². The van der Waals surface area contributed by atoms with E-state index in [0.29, 0.717) is 0 Å². The van der Waals surface area contributed by atoms with Crippen molar-refractivity contribution in [1.82, 2.24) is 0 Å². The summed E-state index contributed by atoms with van der Waals surface area (Å²) in [6.45, 7) is 7.15. The first kappa shape index (κ1) is 12.1. The van der Waals surface area contributed by atoms with Crippen LogP contribution < -0.4 is 0 Å². The summed E-state index contributed by atoms with van der Waals surface area (Å²) >= 11 is 0. The molecule has 14 heavy (non-hydrogen) atoms. The van der Waals surface area contributed by atoms with E-state index >= 15 is 0 Å². The molecule has 0 heterocycles. The molecule has 0 N–H and O–H groups in total. The van der Waals surface area contributed by atoms with Crippen molar-refractivity contribution in [1.29, 1.82) is 0 Å². The van der Waals surface area contributed by atoms with Crippen molar-refractivity contribution in [3.05, 3.63) is 0 Å². The highest BCUT2D eigenvalue weighted by molar-refractivity contribution is 4.77. The second kappa shape index (κ2) is 6.48. The molecule has 0 aromatic heterocycles. The molecule has 1 rings (SSSR count). The van der Waals surface area contributed by atoms with E-state index in [1.807, 2.05) is 0 Å². The molecule has 0 radical (unpaired) electrons. The monoisotopic (exact) mass is 196 g/mol. The zero-order valence-electron chi connectivity index (χ0n) is 10.4. The van der Waals surface area contributed by atoms with E-state index in [1.54, 1.807) is 0 Å². The number of hydrogen-bond donors (Lipinski definition) is 0. The molecule has 84 valence electrons. The van der Waals surface area contributed by atoms with E-state index in [1.165, 1.54) is 51.4 Å². The average molecular weight is 196 g/mol. The molecule has 0 aliphatic heterocycles. The fourth-order valence-electron chi connectivity index (χ4n) is 3.51. The summed E-state index contributed by atoms with van der Waals surface area (Å²) in [5, 5.41) is 0. The summed E-state index contributed by atoms with van der Waals surface area (Å²) in [6.07, 6.45) is 11.7. The Morgan fingerprint density at radius 2 is 1.43 bits per heavy atom. The molecule has 0 spiro atoms. The fraction of sp³-hybridized carbons (Fsp3) is 1.00. The van der Waals surface area contributed by atoms with Crippen LogP contribution in [-0.4, -0.2) is 0 Å². The van der Waals surface area contributed by atoms with Crippen molar-refractivity contribution in [2.45, 2.75) is 72.1 Å². The molecule has 0 heteroatoms. The van der Waals surface area contributed by atoms with Gasteiger partial charge in [-0.1, -0.05) is 72.1 Å². The Kier molecular flexibility index (Phi) is 5.59. The van der Waals surface area contributed by atoms with Crippen molar-refractivity contribution in [2.24, 2.45) is 17.8 Å². The van der Waals surface area contributed by atoms with Gasteiger partial charge in [0.25, 0.3) is 0 Å². The van der Waals surface area contributed by atoms with Gasteiger partial charge in [-0.25, -0.2) is 0 Å². The van der Waals surface area contributed by atoms with Crippen LogP contribution in [-0.2, 0) is 0 Å². The molecule has 1 aliphatic carbocycles. The minimum absolute atomic E-state index is 1.00. The lowest BCUT2D eigenvalue weighted by Gasteiger charge is -2.34. The summed E-state index contributed by atoms with van der Waals surface area (Å²) in [6, 6.07) is 0. The Morgan fingerprint density at radius 1 is 0.857 bits per heavy atom. The van der Waals surface area contributed by atoms with Crippen molar-refractivity contribution in [2.75, 3.05) is 0 Å². The molecule has 1 atom stereocenters. The molecule has 0 aromatic carbocycles. The van der Waals surface area contributed by atoms with E-state index in [-0.39, 0.29) is 0 Å². The third-order valence-corrected chi connectivity index (χ3v) is 4.38. The van der Waals surface area contributed by atoms with Gasteiger partial charge in [-0.15, -0.1) is 0 Å². The van der Waals surface area contributed by atoms with E-state index < -0.39 is 0 Å². The summed E-state index contributed by atoms with van der Waals surface area (Å²) in [5.74, 6) is 3.10. The largest absolute Gasteiger partial charge is 0.0651 e. The van der Waals surface area contributed by atoms with Gasteiger partial charge in [0.05, 0.1) is 0 Å². The molecule has 0 nitrogen and oxygen atoms in total. The Morgan fingerprint density at radius 3 is 1.86 bits per heavy atom. The maximum Gasteiger partial charge on any atom is -0.0360 e. The van der Waals surface area contributed by atoms with Crippen LogP contribution in [0.1, 0.15) is 72.1 Å². The zero-order chi connectivity index (χ0) is 10.4. The number of rotatable bonds is 5. The van der Waals surface area contributed by atoms with Crippen molar-refractivity contribution < 1.29 is 0 Å². The van der Waals surface area contributed by atoms with Gasteiger partial charge in [-0.05, 0) is 17.8 Å². The first-order chi connectivity index (χ1) is 6.83. The maximum absolute atomic E-state index is 2.40. The first-order valence-electron chi connectivity index (χ1n) is 6.83. The van der Waals surface area contributed by atoms with Crippen LogP contribution in [0.4, 0.5) is 0 Å². The van der Waals surface area contributed by atoms with Gasteiger partial charge in [-0.3, -0.25) is 0 Å². The van der Waals surface area contributed by atoms with Crippen LogP contribution in [0.25, 0.3) is 0 Å². The minimum atomic E-state index is 1.00. The molecule has 0 bridgehead atoms. The zero-order valence-corrected chi connectivity index (χ0v) is 10.4. The predicted molar refractivity (Wildman–Crippen MR) is 64.4 cm³/mol. The first-order valence-corrected chi connectivity index (χ1v) is 6.83. The summed E-state index contributed by atoms with van der Waals surface area (Å²) in [7, 11) is 0. The smallest absolute Gasteiger partial charge is 0.0360 e. The number of hydrogen-bond acceptors (Lipinski definition) is 0. The van der Waals surface area contributed by atoms with Gasteiger partial charge >= 0.3 is 0 Å². The Labute approximate surface area is 90.5 Å². The molecule has 1 aliphatic rings. The minimum Gasteiger partial charge on any atom is -0.0651 e. The van der Waals surface area contributed by atoms with Gasteiger partial charge in [0.1, 0.15) is 0 Å². The third kappa shape index (κ3) is 3.00. The SMILES string of the molecule is CCC(CC)C(CC)C1CCCCC1. The standard InChI is InChI=1S/C14H28/c1-4-12(5-2)14(6-3)13-10-8-7-9-11-13/h12-14H,4-11H2,1-3H3. The van der Waals surface area contributed by atoms with Crippen molar-refractivity contribution in [3.63, 3.8) is 0 Å². The highest BCUT2D eigenvalue weighted by Crippen LogP contribution is 2.38. The average Bonchev–Trinajstić information content (AvgIpc) is 2.27.